The predicted molar refractivity (Wildman–Crippen MR) is 111 cm³/mol. The maximum Gasteiger partial charge on any atom is 0.146 e. The zero-order valence-corrected chi connectivity index (χ0v) is 17.5. The monoisotopic (exact) mass is 372 g/mol. The molecule has 0 aromatic heterocycles. The molecule has 0 radical (unpaired) electrons. The molecule has 0 heterocycles. The number of thiocarbonyl (C=S) groups is 1. The first-order chi connectivity index (χ1) is 11.5. The first kappa shape index (κ1) is 23.8. The Balaban J connectivity index is 3.43. The van der Waals surface area contributed by atoms with Gasteiger partial charge in [0.05, 0.1) is 4.20 Å². The lowest BCUT2D eigenvalue weighted by atomic mass is 10.0. The number of thioether (sulfide) groups is 1. The molecule has 0 N–H and O–H groups in total. The van der Waals surface area contributed by atoms with Crippen molar-refractivity contribution in [1.82, 2.24) is 0 Å². The van der Waals surface area contributed by atoms with E-state index in [1.807, 2.05) is 0 Å². The van der Waals surface area contributed by atoms with Crippen LogP contribution in [0.15, 0.2) is 0 Å². The van der Waals surface area contributed by atoms with Crippen molar-refractivity contribution in [3.63, 3.8) is 0 Å². The van der Waals surface area contributed by atoms with Crippen molar-refractivity contribution < 1.29 is 9.59 Å². The molecule has 0 unspecified atom stereocenters. The normalized spacial score (nSPS) is 11.0. The molecule has 0 saturated carbocycles. The summed E-state index contributed by atoms with van der Waals surface area (Å²) in [5, 5.41) is 0. The fourth-order valence-electron chi connectivity index (χ4n) is 2.82. The summed E-state index contributed by atoms with van der Waals surface area (Å²) in [5.41, 5.74) is 0. The molecule has 24 heavy (non-hydrogen) atoms. The molecule has 0 bridgehead atoms. The van der Waals surface area contributed by atoms with E-state index >= 15 is 0 Å². The van der Waals surface area contributed by atoms with Gasteiger partial charge in [-0.05, 0) is 26.0 Å². The SMILES string of the molecule is CCCCCCCCCCCCCCSC(=S)C(C(C)=O)C(C)=O. The Morgan fingerprint density at radius 1 is 0.750 bits per heavy atom. The number of carbonyl (C=O) groups is 2. The number of hydrogen-bond acceptors (Lipinski definition) is 4. The molecular weight excluding hydrogens is 336 g/mol. The zero-order chi connectivity index (χ0) is 18.2. The van der Waals surface area contributed by atoms with E-state index in [-0.39, 0.29) is 11.6 Å². The van der Waals surface area contributed by atoms with Crippen LogP contribution >= 0.6 is 24.0 Å². The van der Waals surface area contributed by atoms with Gasteiger partial charge in [0, 0.05) is 0 Å². The fraction of sp³-hybridized carbons (Fsp3) is 0.850. The predicted octanol–water partition coefficient (Wildman–Crippen LogP) is 6.54. The third-order valence-electron chi connectivity index (χ3n) is 4.29. The van der Waals surface area contributed by atoms with E-state index in [9.17, 15) is 9.59 Å². The lowest BCUT2D eigenvalue weighted by Crippen LogP contribution is -2.25. The lowest BCUT2D eigenvalue weighted by Gasteiger charge is -2.11. The molecule has 0 atom stereocenters. The number of carbonyl (C=O) groups excluding carboxylic acids is 2. The van der Waals surface area contributed by atoms with Crippen molar-refractivity contribution >= 4 is 39.7 Å². The second-order valence-corrected chi connectivity index (χ2v) is 8.55. The smallest absolute Gasteiger partial charge is 0.146 e. The molecule has 2 nitrogen and oxygen atoms in total. The van der Waals surface area contributed by atoms with Crippen LogP contribution in [-0.4, -0.2) is 21.5 Å². The molecule has 0 aromatic rings. The molecule has 0 saturated heterocycles. The second-order valence-electron chi connectivity index (χ2n) is 6.71. The first-order valence-corrected chi connectivity index (χ1v) is 11.1. The quantitative estimate of drug-likeness (QED) is 0.175. The lowest BCUT2D eigenvalue weighted by molar-refractivity contribution is -0.127. The van der Waals surface area contributed by atoms with Crippen LogP contribution in [-0.2, 0) is 9.59 Å². The summed E-state index contributed by atoms with van der Waals surface area (Å²) in [6.45, 7) is 5.16. The fourth-order valence-corrected chi connectivity index (χ4v) is 4.45. The molecule has 0 fully saturated rings. The largest absolute Gasteiger partial charge is 0.299 e. The molecule has 0 amide bonds. The van der Waals surface area contributed by atoms with Gasteiger partial charge < -0.3 is 0 Å². The summed E-state index contributed by atoms with van der Waals surface area (Å²) in [6.07, 6.45) is 16.0. The van der Waals surface area contributed by atoms with E-state index in [4.69, 9.17) is 12.2 Å². The van der Waals surface area contributed by atoms with Crippen LogP contribution in [0.5, 0.6) is 0 Å². The van der Waals surface area contributed by atoms with Gasteiger partial charge in [-0.3, -0.25) is 9.59 Å². The van der Waals surface area contributed by atoms with Gasteiger partial charge in [0.1, 0.15) is 17.5 Å². The Bertz CT molecular complexity index is 353. The van der Waals surface area contributed by atoms with Gasteiger partial charge in [-0.25, -0.2) is 0 Å². The molecule has 0 aliphatic heterocycles. The van der Waals surface area contributed by atoms with Crippen molar-refractivity contribution in [2.75, 3.05) is 5.75 Å². The van der Waals surface area contributed by atoms with E-state index in [1.165, 1.54) is 96.2 Å². The molecule has 140 valence electrons. The van der Waals surface area contributed by atoms with Crippen LogP contribution in [0.2, 0.25) is 0 Å². The average molecular weight is 373 g/mol. The minimum Gasteiger partial charge on any atom is -0.299 e. The topological polar surface area (TPSA) is 34.1 Å². The Morgan fingerprint density at radius 2 is 1.12 bits per heavy atom. The van der Waals surface area contributed by atoms with Crippen LogP contribution in [0.1, 0.15) is 97.8 Å². The standard InChI is InChI=1S/C20H36O2S2/c1-4-5-6-7-8-9-10-11-12-13-14-15-16-24-20(23)19(17(2)21)18(3)22/h19H,4-16H2,1-3H3. The summed E-state index contributed by atoms with van der Waals surface area (Å²) < 4.78 is 0.554. The van der Waals surface area contributed by atoms with Crippen molar-refractivity contribution in [2.24, 2.45) is 5.92 Å². The minimum absolute atomic E-state index is 0.130. The molecule has 0 aromatic carbocycles. The highest BCUT2D eigenvalue weighted by molar-refractivity contribution is 8.23. The van der Waals surface area contributed by atoms with Gasteiger partial charge in [0.2, 0.25) is 0 Å². The third-order valence-corrected chi connectivity index (χ3v) is 5.89. The molecule has 4 heteroatoms. The highest BCUT2D eigenvalue weighted by Gasteiger charge is 2.24. The van der Waals surface area contributed by atoms with E-state index in [0.29, 0.717) is 4.20 Å². The molecule has 0 rings (SSSR count). The summed E-state index contributed by atoms with van der Waals surface area (Å²) in [4.78, 5) is 22.9. The molecule has 0 aliphatic carbocycles. The van der Waals surface area contributed by atoms with Crippen LogP contribution in [0.25, 0.3) is 0 Å². The number of rotatable bonds is 16. The van der Waals surface area contributed by atoms with Gasteiger partial charge in [0.15, 0.2) is 0 Å². The Labute approximate surface area is 158 Å². The Hall–Kier alpha value is -0.220. The molecular formula is C20H36O2S2. The third kappa shape index (κ3) is 13.1. The zero-order valence-electron chi connectivity index (χ0n) is 15.9. The summed E-state index contributed by atoms with van der Waals surface area (Å²) in [6, 6.07) is 0. The van der Waals surface area contributed by atoms with Crippen molar-refractivity contribution in [2.45, 2.75) is 97.8 Å². The van der Waals surface area contributed by atoms with Crippen LogP contribution in [0.3, 0.4) is 0 Å². The summed E-state index contributed by atoms with van der Waals surface area (Å²) >= 11 is 6.75. The Kier molecular flexibility index (Phi) is 16.1. The van der Waals surface area contributed by atoms with Crippen molar-refractivity contribution in [3.8, 4) is 0 Å². The van der Waals surface area contributed by atoms with E-state index < -0.39 is 5.92 Å². The number of unbranched alkanes of at least 4 members (excludes halogenated alkanes) is 11. The minimum atomic E-state index is -0.678. The second kappa shape index (κ2) is 16.3. The highest BCUT2D eigenvalue weighted by Crippen LogP contribution is 2.19. The molecule has 0 spiro atoms. The number of hydrogen-bond donors (Lipinski definition) is 0. The van der Waals surface area contributed by atoms with E-state index in [2.05, 4.69) is 6.92 Å². The number of ketones is 2. The van der Waals surface area contributed by atoms with Gasteiger partial charge in [0.25, 0.3) is 0 Å². The maximum absolute atomic E-state index is 11.4. The maximum atomic E-state index is 11.4. The van der Waals surface area contributed by atoms with Crippen LogP contribution in [0, 0.1) is 5.92 Å². The van der Waals surface area contributed by atoms with Gasteiger partial charge in [-0.1, -0.05) is 89.8 Å². The van der Waals surface area contributed by atoms with Gasteiger partial charge >= 0.3 is 0 Å². The highest BCUT2D eigenvalue weighted by atomic mass is 32.2. The van der Waals surface area contributed by atoms with Crippen molar-refractivity contribution in [1.29, 1.82) is 0 Å². The summed E-state index contributed by atoms with van der Waals surface area (Å²) in [5.74, 6) is -0.0143. The van der Waals surface area contributed by atoms with E-state index in [0.717, 1.165) is 12.2 Å². The van der Waals surface area contributed by atoms with Crippen molar-refractivity contribution in [3.05, 3.63) is 0 Å². The van der Waals surface area contributed by atoms with Crippen LogP contribution in [0.4, 0.5) is 0 Å². The van der Waals surface area contributed by atoms with Crippen LogP contribution < -0.4 is 0 Å². The summed E-state index contributed by atoms with van der Waals surface area (Å²) in [7, 11) is 0. The molecule has 0 aliphatic rings. The number of Topliss-reactive ketones (excluding diaryl/α,β-unsaturated/α-hetero) is 2. The van der Waals surface area contributed by atoms with Gasteiger partial charge in [-0.2, -0.15) is 0 Å². The van der Waals surface area contributed by atoms with E-state index in [1.54, 1.807) is 0 Å². The van der Waals surface area contributed by atoms with Gasteiger partial charge in [-0.15, -0.1) is 11.8 Å². The first-order valence-electron chi connectivity index (χ1n) is 9.68. The Morgan fingerprint density at radius 3 is 1.50 bits per heavy atom. The average Bonchev–Trinajstić information content (AvgIpc) is 2.51.